The fourth-order valence-electron chi connectivity index (χ4n) is 2.19. The summed E-state index contributed by atoms with van der Waals surface area (Å²) < 4.78 is 96.6. The fourth-order valence-corrected chi connectivity index (χ4v) is 2.19. The van der Waals surface area contributed by atoms with Crippen LogP contribution < -0.4 is 11.5 Å². The average molecular weight is 338 g/mol. The summed E-state index contributed by atoms with van der Waals surface area (Å²) in [6.45, 7) is 1.25. The van der Waals surface area contributed by atoms with Crippen molar-refractivity contribution in [1.29, 1.82) is 0 Å². The number of benzene rings is 2. The molecule has 0 fully saturated rings. The second-order valence-electron chi connectivity index (χ2n) is 4.61. The van der Waals surface area contributed by atoms with Crippen molar-refractivity contribution in [3.05, 3.63) is 46.3 Å². The first kappa shape index (κ1) is 16.9. The molecule has 2 aromatic rings. The molecule has 0 radical (unpaired) electrons. The van der Waals surface area contributed by atoms with Crippen LogP contribution in [0.2, 0.25) is 0 Å². The first-order chi connectivity index (χ1) is 10.6. The third-order valence-corrected chi connectivity index (χ3v) is 3.35. The van der Waals surface area contributed by atoms with Crippen LogP contribution in [0.15, 0.2) is 0 Å². The van der Waals surface area contributed by atoms with Crippen LogP contribution in [-0.2, 0) is 6.42 Å². The molecule has 0 aliphatic carbocycles. The van der Waals surface area contributed by atoms with Gasteiger partial charge in [-0.2, -0.15) is 0 Å². The molecule has 2 rings (SSSR count). The normalized spacial score (nSPS) is 11.1. The minimum absolute atomic E-state index is 0.380. The lowest BCUT2D eigenvalue weighted by Gasteiger charge is -2.16. The smallest absolute Gasteiger partial charge is 0.185 e. The van der Waals surface area contributed by atoms with Crippen LogP contribution >= 0.6 is 0 Å². The lowest BCUT2D eigenvalue weighted by Crippen LogP contribution is -2.11. The van der Waals surface area contributed by atoms with Gasteiger partial charge in [-0.15, -0.1) is 0 Å². The second kappa shape index (κ2) is 5.64. The van der Waals surface area contributed by atoms with E-state index >= 15 is 0 Å². The van der Waals surface area contributed by atoms with Gasteiger partial charge in [-0.05, 0) is 6.42 Å². The lowest BCUT2D eigenvalue weighted by molar-refractivity contribution is 0.459. The Bertz CT molecular complexity index is 789. The summed E-state index contributed by atoms with van der Waals surface area (Å²) in [4.78, 5) is 0. The summed E-state index contributed by atoms with van der Waals surface area (Å²) in [5, 5.41) is 0. The molecule has 0 saturated heterocycles. The van der Waals surface area contributed by atoms with Gasteiger partial charge in [-0.25, -0.2) is 30.7 Å². The van der Waals surface area contributed by atoms with Gasteiger partial charge in [0.2, 0.25) is 0 Å². The van der Waals surface area contributed by atoms with Crippen molar-refractivity contribution in [2.24, 2.45) is 0 Å². The van der Waals surface area contributed by atoms with E-state index in [1.54, 1.807) is 0 Å². The van der Waals surface area contributed by atoms with E-state index in [0.717, 1.165) is 0 Å². The van der Waals surface area contributed by atoms with Crippen molar-refractivity contribution in [2.75, 3.05) is 11.5 Å². The molecule has 0 aliphatic rings. The molecule has 23 heavy (non-hydrogen) atoms. The maximum atomic E-state index is 14.1. The molecule has 0 spiro atoms. The molecule has 0 unspecified atom stereocenters. The van der Waals surface area contributed by atoms with Gasteiger partial charge in [0.25, 0.3) is 0 Å². The quantitative estimate of drug-likeness (QED) is 0.493. The molecular weight excluding hydrogens is 329 g/mol. The van der Waals surface area contributed by atoms with Gasteiger partial charge in [0.15, 0.2) is 40.7 Å². The van der Waals surface area contributed by atoms with Crippen molar-refractivity contribution < 1.29 is 30.7 Å². The van der Waals surface area contributed by atoms with Crippen LogP contribution in [0.5, 0.6) is 0 Å². The molecular formula is C14H9F7N2. The van der Waals surface area contributed by atoms with Crippen LogP contribution in [0.25, 0.3) is 11.1 Å². The monoisotopic (exact) mass is 338 g/mol. The zero-order chi connectivity index (χ0) is 17.6. The molecule has 0 aromatic heterocycles. The predicted molar refractivity (Wildman–Crippen MR) is 69.8 cm³/mol. The highest BCUT2D eigenvalue weighted by molar-refractivity contribution is 5.74. The summed E-state index contributed by atoms with van der Waals surface area (Å²) in [5.74, 6) is -13.5. The van der Waals surface area contributed by atoms with E-state index in [2.05, 4.69) is 0 Å². The number of hydrogen-bond donors (Lipinski definition) is 2. The van der Waals surface area contributed by atoms with Gasteiger partial charge in [0.1, 0.15) is 11.4 Å². The molecule has 0 bridgehead atoms. The Balaban J connectivity index is 3.06. The Morgan fingerprint density at radius 1 is 0.565 bits per heavy atom. The summed E-state index contributed by atoms with van der Waals surface area (Å²) >= 11 is 0. The third-order valence-electron chi connectivity index (χ3n) is 3.35. The highest BCUT2D eigenvalue weighted by atomic mass is 19.2. The number of nitrogen functional groups attached to an aromatic ring is 2. The van der Waals surface area contributed by atoms with E-state index in [1.807, 2.05) is 0 Å². The fraction of sp³-hybridized carbons (Fsp3) is 0.143. The Kier molecular flexibility index (Phi) is 4.14. The number of anilines is 2. The summed E-state index contributed by atoms with van der Waals surface area (Å²) in [5.41, 5.74) is 3.55. The molecule has 2 nitrogen and oxygen atoms in total. The van der Waals surface area contributed by atoms with E-state index < -0.39 is 68.8 Å². The Labute approximate surface area is 125 Å². The van der Waals surface area contributed by atoms with Gasteiger partial charge < -0.3 is 11.5 Å². The Hall–Kier alpha value is -2.45. The van der Waals surface area contributed by atoms with E-state index in [1.165, 1.54) is 6.92 Å². The van der Waals surface area contributed by atoms with E-state index in [4.69, 9.17) is 11.5 Å². The number of rotatable bonds is 2. The average Bonchev–Trinajstić information content (AvgIpc) is 2.54. The molecule has 4 N–H and O–H groups in total. The first-order valence-electron chi connectivity index (χ1n) is 6.21. The van der Waals surface area contributed by atoms with Crippen LogP contribution in [-0.4, -0.2) is 0 Å². The van der Waals surface area contributed by atoms with Gasteiger partial charge in [0, 0.05) is 11.1 Å². The summed E-state index contributed by atoms with van der Waals surface area (Å²) in [6.07, 6.45) is -0.380. The SMILES string of the molecule is CCc1c(F)c(N)c(F)c(F)c1-c1c(F)c(F)c(N)c(F)c1F. The van der Waals surface area contributed by atoms with Crippen LogP contribution in [0.4, 0.5) is 42.1 Å². The second-order valence-corrected chi connectivity index (χ2v) is 4.61. The van der Waals surface area contributed by atoms with E-state index in [9.17, 15) is 30.7 Å². The number of nitrogens with two attached hydrogens (primary N) is 2. The van der Waals surface area contributed by atoms with Gasteiger partial charge in [-0.3, -0.25) is 0 Å². The van der Waals surface area contributed by atoms with Crippen LogP contribution in [0.3, 0.4) is 0 Å². The highest BCUT2D eigenvalue weighted by Gasteiger charge is 2.31. The molecule has 124 valence electrons. The molecule has 0 atom stereocenters. The van der Waals surface area contributed by atoms with Crippen molar-refractivity contribution in [3.8, 4) is 11.1 Å². The van der Waals surface area contributed by atoms with Crippen molar-refractivity contribution in [3.63, 3.8) is 0 Å². The first-order valence-corrected chi connectivity index (χ1v) is 6.21. The van der Waals surface area contributed by atoms with Gasteiger partial charge >= 0.3 is 0 Å². The van der Waals surface area contributed by atoms with Gasteiger partial charge in [0.05, 0.1) is 5.56 Å². The third kappa shape index (κ3) is 2.27. The van der Waals surface area contributed by atoms with Crippen molar-refractivity contribution in [2.45, 2.75) is 13.3 Å². The van der Waals surface area contributed by atoms with E-state index in [0.29, 0.717) is 0 Å². The molecule has 9 heteroatoms. The molecule has 0 amide bonds. The Morgan fingerprint density at radius 2 is 0.913 bits per heavy atom. The standard InChI is InChI=1S/C14H9F7N2/c1-2-3-4(7(16)10(19)13(22)6(3)15)5-8(17)11(20)14(23)12(21)9(5)18/h2,22-23H2,1H3. The molecule has 0 heterocycles. The molecule has 0 aliphatic heterocycles. The minimum atomic E-state index is -2.07. The van der Waals surface area contributed by atoms with Crippen LogP contribution in [0.1, 0.15) is 12.5 Å². The maximum Gasteiger partial charge on any atom is 0.185 e. The molecule has 0 saturated carbocycles. The zero-order valence-electron chi connectivity index (χ0n) is 11.5. The van der Waals surface area contributed by atoms with Gasteiger partial charge in [-0.1, -0.05) is 6.92 Å². The summed E-state index contributed by atoms with van der Waals surface area (Å²) in [6, 6.07) is 0. The number of halogens is 7. The Morgan fingerprint density at radius 3 is 1.30 bits per heavy atom. The van der Waals surface area contributed by atoms with Crippen LogP contribution in [0, 0.1) is 40.7 Å². The van der Waals surface area contributed by atoms with E-state index in [-0.39, 0.29) is 6.42 Å². The highest BCUT2D eigenvalue weighted by Crippen LogP contribution is 2.40. The number of hydrogen-bond acceptors (Lipinski definition) is 2. The lowest BCUT2D eigenvalue weighted by atomic mass is 9.94. The predicted octanol–water partition coefficient (Wildman–Crippen LogP) is 4.05. The molecule has 2 aromatic carbocycles. The van der Waals surface area contributed by atoms with Crippen molar-refractivity contribution in [1.82, 2.24) is 0 Å². The largest absolute Gasteiger partial charge is 0.394 e. The maximum absolute atomic E-state index is 14.1. The summed E-state index contributed by atoms with van der Waals surface area (Å²) in [7, 11) is 0. The zero-order valence-corrected chi connectivity index (χ0v) is 11.5. The minimum Gasteiger partial charge on any atom is -0.394 e. The topological polar surface area (TPSA) is 52.0 Å². The van der Waals surface area contributed by atoms with Crippen molar-refractivity contribution >= 4 is 11.4 Å².